The van der Waals surface area contributed by atoms with E-state index in [-0.39, 0.29) is 23.6 Å². The van der Waals surface area contributed by atoms with E-state index in [1.54, 1.807) is 35.2 Å². The minimum absolute atomic E-state index is 0.0992. The van der Waals surface area contributed by atoms with Gasteiger partial charge in [-0.2, -0.15) is 13.2 Å². The Morgan fingerprint density at radius 1 is 1.08 bits per heavy atom. The number of hydrogen-bond acceptors (Lipinski definition) is 7. The SMILES string of the molecule is CC(C)(CC(=O)N1CCN(c2ccc(NC(=O)C3(c4ccccc4)NC=C(C(F)(F)F)O3)cn2)CC1)C(=O)O. The molecule has 1 fully saturated rings. The van der Waals surface area contributed by atoms with Gasteiger partial charge in [-0.15, -0.1) is 0 Å². The largest absolute Gasteiger partial charge is 0.481 e. The van der Waals surface area contributed by atoms with Crippen LogP contribution in [0.5, 0.6) is 0 Å². The number of rotatable bonds is 7. The van der Waals surface area contributed by atoms with E-state index in [9.17, 15) is 32.7 Å². The number of carboxylic acids is 1. The number of halogens is 3. The Morgan fingerprint density at radius 3 is 2.28 bits per heavy atom. The fraction of sp³-hybridized carbons (Fsp3) is 0.385. The normalized spacial score (nSPS) is 19.6. The van der Waals surface area contributed by atoms with Gasteiger partial charge in [0.1, 0.15) is 5.82 Å². The summed E-state index contributed by atoms with van der Waals surface area (Å²) in [7, 11) is 0. The molecule has 1 saturated heterocycles. The van der Waals surface area contributed by atoms with Crippen molar-refractivity contribution in [3.05, 3.63) is 66.2 Å². The number of carbonyl (C=O) groups is 3. The summed E-state index contributed by atoms with van der Waals surface area (Å²) in [6, 6.07) is 11.0. The maximum Gasteiger partial charge on any atom is 0.450 e. The van der Waals surface area contributed by atoms with Gasteiger partial charge in [0.05, 0.1) is 17.3 Å². The van der Waals surface area contributed by atoms with Gasteiger partial charge in [0.15, 0.2) is 0 Å². The van der Waals surface area contributed by atoms with E-state index < -0.39 is 35.0 Å². The Bertz CT molecular complexity index is 1260. The van der Waals surface area contributed by atoms with Gasteiger partial charge in [-0.25, -0.2) is 4.98 Å². The molecule has 3 heterocycles. The molecule has 0 spiro atoms. The molecule has 1 aromatic heterocycles. The molecule has 13 heteroatoms. The number of allylic oxidation sites excluding steroid dienone is 1. The average Bonchev–Trinajstić information content (AvgIpc) is 3.37. The van der Waals surface area contributed by atoms with Crippen LogP contribution < -0.4 is 15.5 Å². The first-order valence-electron chi connectivity index (χ1n) is 12.1. The molecule has 1 atom stereocenters. The van der Waals surface area contributed by atoms with Crippen molar-refractivity contribution < 1.29 is 37.4 Å². The van der Waals surface area contributed by atoms with Gasteiger partial charge < -0.3 is 30.3 Å². The first-order valence-corrected chi connectivity index (χ1v) is 12.1. The van der Waals surface area contributed by atoms with Crippen LogP contribution in [-0.2, 0) is 24.8 Å². The molecule has 2 amide bonds. The van der Waals surface area contributed by atoms with E-state index >= 15 is 0 Å². The molecule has 4 rings (SSSR count). The highest BCUT2D eigenvalue weighted by Gasteiger charge is 2.52. The van der Waals surface area contributed by atoms with Gasteiger partial charge in [-0.1, -0.05) is 30.3 Å². The molecule has 3 N–H and O–H groups in total. The fourth-order valence-corrected chi connectivity index (χ4v) is 4.21. The molecule has 0 aliphatic carbocycles. The molecule has 2 aliphatic rings. The van der Waals surface area contributed by atoms with E-state index in [1.807, 2.05) is 4.90 Å². The number of aromatic nitrogens is 1. The zero-order chi connectivity index (χ0) is 28.4. The second kappa shape index (κ2) is 10.5. The number of carbonyl (C=O) groups excluding carboxylic acids is 2. The smallest absolute Gasteiger partial charge is 0.450 e. The zero-order valence-electron chi connectivity index (χ0n) is 21.3. The van der Waals surface area contributed by atoms with Crippen LogP contribution in [0.25, 0.3) is 0 Å². The highest BCUT2D eigenvalue weighted by molar-refractivity contribution is 5.98. The van der Waals surface area contributed by atoms with Crippen molar-refractivity contribution in [2.24, 2.45) is 5.41 Å². The van der Waals surface area contributed by atoms with Gasteiger partial charge in [0.25, 0.3) is 11.6 Å². The number of anilines is 2. The van der Waals surface area contributed by atoms with Crippen LogP contribution in [0, 0.1) is 5.41 Å². The van der Waals surface area contributed by atoms with Crippen molar-refractivity contribution in [3.63, 3.8) is 0 Å². The Hall–Kier alpha value is -4.29. The van der Waals surface area contributed by atoms with Gasteiger partial charge in [0.2, 0.25) is 11.7 Å². The van der Waals surface area contributed by atoms with Crippen molar-refractivity contribution in [2.45, 2.75) is 32.2 Å². The number of ether oxygens (including phenoxy) is 1. The summed E-state index contributed by atoms with van der Waals surface area (Å²) in [4.78, 5) is 45.0. The summed E-state index contributed by atoms with van der Waals surface area (Å²) in [5, 5.41) is 14.3. The molecule has 2 aromatic rings. The number of alkyl halides is 3. The molecule has 0 radical (unpaired) electrons. The lowest BCUT2D eigenvalue weighted by Gasteiger charge is -2.36. The highest BCUT2D eigenvalue weighted by Crippen LogP contribution is 2.38. The number of benzene rings is 1. The van der Waals surface area contributed by atoms with Crippen LogP contribution in [0.4, 0.5) is 24.7 Å². The topological polar surface area (TPSA) is 124 Å². The average molecular weight is 548 g/mol. The Kier molecular flexibility index (Phi) is 7.44. The predicted molar refractivity (Wildman–Crippen MR) is 134 cm³/mol. The van der Waals surface area contributed by atoms with E-state index in [4.69, 9.17) is 4.74 Å². The molecule has 10 nitrogen and oxygen atoms in total. The van der Waals surface area contributed by atoms with Gasteiger partial charge in [-0.3, -0.25) is 14.4 Å². The predicted octanol–water partition coefficient (Wildman–Crippen LogP) is 3.05. The van der Waals surface area contributed by atoms with Crippen LogP contribution in [0.2, 0.25) is 0 Å². The van der Waals surface area contributed by atoms with Crippen LogP contribution in [-0.4, -0.2) is 65.1 Å². The van der Waals surface area contributed by atoms with E-state index in [0.29, 0.717) is 38.2 Å². The van der Waals surface area contributed by atoms with Crippen molar-refractivity contribution >= 4 is 29.3 Å². The third kappa shape index (κ3) is 5.91. The molecule has 1 aromatic carbocycles. The van der Waals surface area contributed by atoms with Crippen LogP contribution in [0.1, 0.15) is 25.8 Å². The summed E-state index contributed by atoms with van der Waals surface area (Å²) in [6.07, 6.45) is -2.88. The van der Waals surface area contributed by atoms with Crippen molar-refractivity contribution in [2.75, 3.05) is 36.4 Å². The Morgan fingerprint density at radius 2 is 1.74 bits per heavy atom. The first kappa shape index (κ1) is 27.7. The zero-order valence-corrected chi connectivity index (χ0v) is 21.3. The lowest BCUT2D eigenvalue weighted by atomic mass is 9.89. The number of aliphatic carboxylic acids is 1. The molecule has 208 valence electrons. The molecule has 1 unspecified atom stereocenters. The standard InChI is InChI=1S/C26H28F3N5O5/c1-24(2,23(37)38)14-21(35)34-12-10-33(11-13-34)20-9-8-18(15-30-20)32-22(36)25(17-6-4-3-5-7-17)31-16-19(39-25)26(27,28)29/h3-9,15-16,31H,10-14H2,1-2H3,(H,32,36)(H,37,38). The summed E-state index contributed by atoms with van der Waals surface area (Å²) >= 11 is 0. The van der Waals surface area contributed by atoms with E-state index in [0.717, 1.165) is 0 Å². The third-order valence-corrected chi connectivity index (χ3v) is 6.58. The maximum atomic E-state index is 13.3. The van der Waals surface area contributed by atoms with Crippen molar-refractivity contribution in [3.8, 4) is 0 Å². The van der Waals surface area contributed by atoms with Crippen molar-refractivity contribution in [1.82, 2.24) is 15.2 Å². The molecular weight excluding hydrogens is 519 g/mol. The number of hydrogen-bond donors (Lipinski definition) is 3. The fourth-order valence-electron chi connectivity index (χ4n) is 4.21. The minimum atomic E-state index is -4.78. The monoisotopic (exact) mass is 547 g/mol. The number of carboxylic acid groups (broad SMARTS) is 1. The number of nitrogens with one attached hydrogen (secondary N) is 2. The van der Waals surface area contributed by atoms with Gasteiger partial charge in [0, 0.05) is 44.4 Å². The Balaban J connectivity index is 1.39. The van der Waals surface area contributed by atoms with E-state index in [2.05, 4.69) is 15.6 Å². The van der Waals surface area contributed by atoms with Crippen LogP contribution >= 0.6 is 0 Å². The number of amides is 2. The molecule has 0 saturated carbocycles. The lowest BCUT2D eigenvalue weighted by molar-refractivity contribution is -0.163. The highest BCUT2D eigenvalue weighted by atomic mass is 19.4. The second-order valence-corrected chi connectivity index (χ2v) is 9.89. The van der Waals surface area contributed by atoms with Crippen LogP contribution in [0.15, 0.2) is 60.6 Å². The third-order valence-electron chi connectivity index (χ3n) is 6.58. The van der Waals surface area contributed by atoms with Gasteiger partial charge in [-0.05, 0) is 26.0 Å². The Labute approximate surface area is 222 Å². The van der Waals surface area contributed by atoms with Crippen LogP contribution in [0.3, 0.4) is 0 Å². The summed E-state index contributed by atoms with van der Waals surface area (Å²) in [6.45, 7) is 4.75. The summed E-state index contributed by atoms with van der Waals surface area (Å²) < 4.78 is 45.0. The molecule has 0 bridgehead atoms. The second-order valence-electron chi connectivity index (χ2n) is 9.89. The maximum absolute atomic E-state index is 13.3. The number of piperazine rings is 1. The summed E-state index contributed by atoms with van der Waals surface area (Å²) in [5.41, 5.74) is -2.85. The molecule has 39 heavy (non-hydrogen) atoms. The first-order chi connectivity index (χ1) is 18.3. The van der Waals surface area contributed by atoms with Gasteiger partial charge >= 0.3 is 12.1 Å². The van der Waals surface area contributed by atoms with Crippen molar-refractivity contribution in [1.29, 1.82) is 0 Å². The summed E-state index contributed by atoms with van der Waals surface area (Å²) in [5.74, 6) is -2.87. The molecular formula is C26H28F3N5O5. The number of pyridine rings is 1. The molecule has 2 aliphatic heterocycles. The number of nitrogens with zero attached hydrogens (tertiary/aromatic N) is 3. The quantitative estimate of drug-likeness (QED) is 0.483. The lowest BCUT2D eigenvalue weighted by Crippen LogP contribution is -2.50. The minimum Gasteiger partial charge on any atom is -0.481 e. The van der Waals surface area contributed by atoms with E-state index in [1.165, 1.54) is 32.2 Å².